The van der Waals surface area contributed by atoms with Gasteiger partial charge in [0.15, 0.2) is 0 Å². The highest BCUT2D eigenvalue weighted by atomic mass is 35.5. The van der Waals surface area contributed by atoms with Gasteiger partial charge in [0.1, 0.15) is 5.15 Å². The maximum atomic E-state index is 5.88. The molecule has 0 saturated heterocycles. The van der Waals surface area contributed by atoms with Gasteiger partial charge in [0.25, 0.3) is 0 Å². The van der Waals surface area contributed by atoms with Crippen LogP contribution in [0.2, 0.25) is 10.2 Å². The Balaban J connectivity index is 2.88. The maximum absolute atomic E-state index is 5.88. The van der Waals surface area contributed by atoms with Gasteiger partial charge in [-0.1, -0.05) is 42.1 Å². The fraction of sp³-hybridized carbons (Fsp3) is 0.444. The van der Waals surface area contributed by atoms with E-state index in [9.17, 15) is 0 Å². The molecule has 0 radical (unpaired) electrons. The predicted octanol–water partition coefficient (Wildman–Crippen LogP) is 3.88. The van der Waals surface area contributed by atoms with Gasteiger partial charge in [0.2, 0.25) is 0 Å². The molecule has 0 aliphatic heterocycles. The summed E-state index contributed by atoms with van der Waals surface area (Å²) < 4.78 is 2.13. The third-order valence-corrected chi connectivity index (χ3v) is 3.24. The fourth-order valence-corrected chi connectivity index (χ4v) is 2.02. The number of nitrogens with zero attached hydrogens (tertiary/aromatic N) is 2. The number of pyridine rings is 1. The van der Waals surface area contributed by atoms with Crippen LogP contribution in [0.1, 0.15) is 13.3 Å². The maximum Gasteiger partial charge on any atom is 0.147 e. The van der Waals surface area contributed by atoms with E-state index < -0.39 is 0 Å². The molecule has 2 nitrogen and oxygen atoms in total. The Hall–Kier alpha value is -0.120. The Kier molecular flexibility index (Phi) is 4.85. The third kappa shape index (κ3) is 2.94. The Morgan fingerprint density at radius 2 is 2.21 bits per heavy atom. The van der Waals surface area contributed by atoms with Gasteiger partial charge in [-0.05, 0) is 12.5 Å². The Morgan fingerprint density at radius 1 is 1.50 bits per heavy atom. The number of hydrogen-bond acceptors (Lipinski definition) is 3. The van der Waals surface area contributed by atoms with E-state index in [1.54, 1.807) is 18.1 Å². The lowest BCUT2D eigenvalue weighted by atomic mass is 10.4. The predicted molar refractivity (Wildman–Crippen MR) is 65.4 cm³/mol. The van der Waals surface area contributed by atoms with Crippen molar-refractivity contribution in [3.8, 4) is 0 Å². The average molecular weight is 251 g/mol. The van der Waals surface area contributed by atoms with E-state index in [-0.39, 0.29) is 0 Å². The second kappa shape index (κ2) is 5.69. The lowest BCUT2D eigenvalue weighted by Crippen LogP contribution is -2.14. The molecule has 1 aromatic rings. The molecule has 0 N–H and O–H groups in total. The van der Waals surface area contributed by atoms with Crippen molar-refractivity contribution < 1.29 is 0 Å². The van der Waals surface area contributed by atoms with Crippen LogP contribution in [-0.2, 0) is 0 Å². The highest BCUT2D eigenvalue weighted by Gasteiger charge is 2.07. The number of hydrogen-bond donors (Lipinski definition) is 0. The molecule has 5 heteroatoms. The molecule has 0 saturated carbocycles. The number of halogens is 2. The van der Waals surface area contributed by atoms with E-state index in [0.717, 1.165) is 18.7 Å². The molecule has 0 aromatic carbocycles. The van der Waals surface area contributed by atoms with Crippen molar-refractivity contribution in [3.05, 3.63) is 22.4 Å². The standard InChI is InChI=1S/C9H12Cl2N2S/c1-3-4-13(14-2)7-5-8(10)9(11)12-6-7/h5-6H,3-4H2,1-2H3. The van der Waals surface area contributed by atoms with E-state index in [1.807, 2.05) is 12.3 Å². The Labute approximate surface area is 98.7 Å². The molecule has 0 atom stereocenters. The lowest BCUT2D eigenvalue weighted by Gasteiger charge is -2.20. The molecule has 0 bridgehead atoms. The van der Waals surface area contributed by atoms with Crippen molar-refractivity contribution in [2.45, 2.75) is 13.3 Å². The van der Waals surface area contributed by atoms with Gasteiger partial charge >= 0.3 is 0 Å². The van der Waals surface area contributed by atoms with Crippen LogP contribution < -0.4 is 4.31 Å². The monoisotopic (exact) mass is 250 g/mol. The van der Waals surface area contributed by atoms with Crippen LogP contribution in [-0.4, -0.2) is 17.8 Å². The average Bonchev–Trinajstić information content (AvgIpc) is 2.19. The van der Waals surface area contributed by atoms with Gasteiger partial charge in [-0.2, -0.15) is 0 Å². The molecule has 14 heavy (non-hydrogen) atoms. The van der Waals surface area contributed by atoms with Crippen LogP contribution in [0.25, 0.3) is 0 Å². The van der Waals surface area contributed by atoms with Gasteiger partial charge in [-0.15, -0.1) is 0 Å². The molecule has 0 fully saturated rings. The van der Waals surface area contributed by atoms with Crippen molar-refractivity contribution in [1.82, 2.24) is 4.98 Å². The summed E-state index contributed by atoms with van der Waals surface area (Å²) in [6.45, 7) is 3.11. The first-order valence-corrected chi connectivity index (χ1v) is 6.25. The third-order valence-electron chi connectivity index (χ3n) is 1.72. The fourth-order valence-electron chi connectivity index (χ4n) is 1.08. The summed E-state index contributed by atoms with van der Waals surface area (Å²) in [6, 6.07) is 1.84. The van der Waals surface area contributed by atoms with Crippen molar-refractivity contribution in [1.29, 1.82) is 0 Å². The van der Waals surface area contributed by atoms with Crippen LogP contribution in [0.15, 0.2) is 12.3 Å². The molecule has 1 aromatic heterocycles. The van der Waals surface area contributed by atoms with E-state index in [1.165, 1.54) is 0 Å². The molecule has 0 spiro atoms. The van der Waals surface area contributed by atoms with E-state index >= 15 is 0 Å². The van der Waals surface area contributed by atoms with Crippen LogP contribution in [0.5, 0.6) is 0 Å². The Morgan fingerprint density at radius 3 is 2.71 bits per heavy atom. The molecule has 0 unspecified atom stereocenters. The summed E-state index contributed by atoms with van der Waals surface area (Å²) in [4.78, 5) is 4.01. The smallest absolute Gasteiger partial charge is 0.147 e. The molecule has 1 rings (SSSR count). The molecule has 78 valence electrons. The summed E-state index contributed by atoms with van der Waals surface area (Å²) in [7, 11) is 0. The normalized spacial score (nSPS) is 10.3. The molecule has 0 aliphatic carbocycles. The lowest BCUT2D eigenvalue weighted by molar-refractivity contribution is 0.928. The second-order valence-electron chi connectivity index (χ2n) is 2.75. The molecule has 0 aliphatic rings. The quantitative estimate of drug-likeness (QED) is 0.596. The number of aromatic nitrogens is 1. The first-order chi connectivity index (χ1) is 6.69. The van der Waals surface area contributed by atoms with E-state index in [0.29, 0.717) is 10.2 Å². The largest absolute Gasteiger partial charge is 0.315 e. The first kappa shape index (κ1) is 12.0. The van der Waals surface area contributed by atoms with E-state index in [2.05, 4.69) is 16.2 Å². The van der Waals surface area contributed by atoms with Crippen LogP contribution in [0.3, 0.4) is 0 Å². The Bertz CT molecular complexity index is 307. The van der Waals surface area contributed by atoms with Crippen molar-refractivity contribution in [3.63, 3.8) is 0 Å². The number of rotatable bonds is 4. The highest BCUT2D eigenvalue weighted by Crippen LogP contribution is 2.27. The molecule has 0 amide bonds. The minimum atomic E-state index is 0.355. The highest BCUT2D eigenvalue weighted by molar-refractivity contribution is 7.99. The minimum absolute atomic E-state index is 0.355. The SMILES string of the molecule is CCCN(SC)c1cnc(Cl)c(Cl)c1. The molecule has 1 heterocycles. The zero-order valence-corrected chi connectivity index (χ0v) is 10.5. The summed E-state index contributed by atoms with van der Waals surface area (Å²) in [5.74, 6) is 0. The van der Waals surface area contributed by atoms with Crippen molar-refractivity contribution in [2.75, 3.05) is 17.1 Å². The number of anilines is 1. The molecular weight excluding hydrogens is 239 g/mol. The summed E-state index contributed by atoms with van der Waals surface area (Å²) in [5.41, 5.74) is 0.994. The van der Waals surface area contributed by atoms with Crippen LogP contribution in [0, 0.1) is 0 Å². The second-order valence-corrected chi connectivity index (χ2v) is 4.32. The zero-order chi connectivity index (χ0) is 10.6. The first-order valence-electron chi connectivity index (χ1n) is 4.31. The van der Waals surface area contributed by atoms with Crippen LogP contribution in [0.4, 0.5) is 5.69 Å². The summed E-state index contributed by atoms with van der Waals surface area (Å²) in [5, 5.41) is 0.854. The van der Waals surface area contributed by atoms with Gasteiger partial charge in [0.05, 0.1) is 16.9 Å². The summed E-state index contributed by atoms with van der Waals surface area (Å²) in [6.07, 6.45) is 4.85. The van der Waals surface area contributed by atoms with Gasteiger partial charge in [0, 0.05) is 12.8 Å². The van der Waals surface area contributed by atoms with Gasteiger partial charge in [-0.25, -0.2) is 4.98 Å². The van der Waals surface area contributed by atoms with Crippen molar-refractivity contribution >= 4 is 40.8 Å². The minimum Gasteiger partial charge on any atom is -0.315 e. The van der Waals surface area contributed by atoms with E-state index in [4.69, 9.17) is 23.2 Å². The molecular formula is C9H12Cl2N2S. The zero-order valence-electron chi connectivity index (χ0n) is 8.13. The van der Waals surface area contributed by atoms with Crippen molar-refractivity contribution in [2.24, 2.45) is 0 Å². The summed E-state index contributed by atoms with van der Waals surface area (Å²) >= 11 is 13.3. The topological polar surface area (TPSA) is 16.1 Å². The van der Waals surface area contributed by atoms with Gasteiger partial charge in [-0.3, -0.25) is 0 Å². The van der Waals surface area contributed by atoms with Gasteiger partial charge < -0.3 is 4.31 Å². The van der Waals surface area contributed by atoms with Crippen LogP contribution >= 0.6 is 35.1 Å².